The van der Waals surface area contributed by atoms with Crippen molar-refractivity contribution in [3.05, 3.63) is 60.4 Å². The summed E-state index contributed by atoms with van der Waals surface area (Å²) < 4.78 is 40.4. The predicted octanol–water partition coefficient (Wildman–Crippen LogP) is 2.06. The zero-order valence-corrected chi connectivity index (χ0v) is 16.2. The second-order valence-corrected chi connectivity index (χ2v) is 8.55. The number of rotatable bonds is 6. The zero-order valence-electron chi connectivity index (χ0n) is 15.4. The summed E-state index contributed by atoms with van der Waals surface area (Å²) in [7, 11) is -4.01. The van der Waals surface area contributed by atoms with Crippen LogP contribution in [0.3, 0.4) is 0 Å². The number of amides is 1. The van der Waals surface area contributed by atoms with Crippen molar-refractivity contribution in [2.75, 3.05) is 5.88 Å². The molecule has 1 fully saturated rings. The van der Waals surface area contributed by atoms with Crippen LogP contribution in [0, 0.1) is 0 Å². The Morgan fingerprint density at radius 2 is 1.80 bits per heavy atom. The van der Waals surface area contributed by atoms with Crippen molar-refractivity contribution >= 4 is 21.9 Å². The maximum atomic E-state index is 12.6. The first-order valence-electron chi connectivity index (χ1n) is 8.81. The third kappa shape index (κ3) is 4.11. The van der Waals surface area contributed by atoms with Gasteiger partial charge in [-0.2, -0.15) is 0 Å². The minimum absolute atomic E-state index is 0.0351. The van der Waals surface area contributed by atoms with E-state index in [0.717, 1.165) is 0 Å². The van der Waals surface area contributed by atoms with Crippen molar-refractivity contribution in [3.8, 4) is 11.5 Å². The molecule has 11 heteroatoms. The SMILES string of the molecule is O=C1OC2C=C(C(=O)N(O)CS(=O)(=O)c3ccc(Oc4ccncc4)cc3)CC2O1. The maximum Gasteiger partial charge on any atom is 0.509 e. The fraction of sp³-hybridized carbons (Fsp3) is 0.211. The van der Waals surface area contributed by atoms with Gasteiger partial charge in [0, 0.05) is 24.4 Å². The third-order valence-electron chi connectivity index (χ3n) is 4.50. The van der Waals surface area contributed by atoms with Gasteiger partial charge in [0.05, 0.1) is 4.90 Å². The van der Waals surface area contributed by atoms with E-state index < -0.39 is 40.0 Å². The van der Waals surface area contributed by atoms with Crippen molar-refractivity contribution < 1.29 is 37.4 Å². The van der Waals surface area contributed by atoms with Crippen LogP contribution in [0.4, 0.5) is 4.79 Å². The highest BCUT2D eigenvalue weighted by atomic mass is 32.2. The van der Waals surface area contributed by atoms with Gasteiger partial charge in [-0.25, -0.2) is 18.3 Å². The van der Waals surface area contributed by atoms with Crippen molar-refractivity contribution in [2.24, 2.45) is 0 Å². The van der Waals surface area contributed by atoms with Gasteiger partial charge in [-0.15, -0.1) is 0 Å². The number of benzene rings is 1. The molecule has 10 nitrogen and oxygen atoms in total. The molecule has 156 valence electrons. The molecule has 0 saturated carbocycles. The molecule has 1 amide bonds. The summed E-state index contributed by atoms with van der Waals surface area (Å²) in [5.74, 6) is -0.888. The smallest absolute Gasteiger partial charge is 0.457 e. The molecule has 0 spiro atoms. The van der Waals surface area contributed by atoms with E-state index in [1.165, 1.54) is 30.3 Å². The van der Waals surface area contributed by atoms with Gasteiger partial charge in [0.2, 0.25) is 0 Å². The number of aromatic nitrogens is 1. The average molecular weight is 432 g/mol. The predicted molar refractivity (Wildman–Crippen MR) is 99.3 cm³/mol. The molecule has 0 radical (unpaired) electrons. The molecule has 2 heterocycles. The van der Waals surface area contributed by atoms with E-state index in [0.29, 0.717) is 11.5 Å². The van der Waals surface area contributed by atoms with Crippen LogP contribution in [-0.4, -0.2) is 53.8 Å². The number of hydrogen-bond donors (Lipinski definition) is 1. The van der Waals surface area contributed by atoms with Gasteiger partial charge in [-0.3, -0.25) is 15.0 Å². The van der Waals surface area contributed by atoms with Gasteiger partial charge >= 0.3 is 6.16 Å². The number of hydrogen-bond acceptors (Lipinski definition) is 9. The number of ether oxygens (including phenoxy) is 3. The summed E-state index contributed by atoms with van der Waals surface area (Å²) in [5.41, 5.74) is 0.108. The van der Waals surface area contributed by atoms with Crippen LogP contribution in [0.15, 0.2) is 65.3 Å². The zero-order chi connectivity index (χ0) is 21.3. The molecule has 4 rings (SSSR count). The Labute approximate surface area is 171 Å². The summed E-state index contributed by atoms with van der Waals surface area (Å²) in [6.45, 7) is 0. The van der Waals surface area contributed by atoms with Gasteiger partial charge in [0.15, 0.2) is 27.9 Å². The number of nitrogens with zero attached hydrogens (tertiary/aromatic N) is 2. The lowest BCUT2D eigenvalue weighted by molar-refractivity contribution is -0.156. The van der Waals surface area contributed by atoms with E-state index in [-0.39, 0.29) is 22.0 Å². The molecule has 1 aliphatic carbocycles. The topological polar surface area (TPSA) is 132 Å². The Balaban J connectivity index is 1.40. The summed E-state index contributed by atoms with van der Waals surface area (Å²) >= 11 is 0. The molecule has 1 aromatic heterocycles. The van der Waals surface area contributed by atoms with Gasteiger partial charge in [-0.1, -0.05) is 0 Å². The molecule has 1 aliphatic heterocycles. The Hall–Kier alpha value is -3.44. The van der Waals surface area contributed by atoms with Crippen LogP contribution < -0.4 is 4.74 Å². The van der Waals surface area contributed by atoms with E-state index in [1.807, 2.05) is 0 Å². The highest BCUT2D eigenvalue weighted by molar-refractivity contribution is 7.91. The minimum atomic E-state index is -4.01. The fourth-order valence-corrected chi connectivity index (χ4v) is 4.20. The first kappa shape index (κ1) is 19.9. The van der Waals surface area contributed by atoms with E-state index in [9.17, 15) is 23.2 Å². The second-order valence-electron chi connectivity index (χ2n) is 6.59. The number of sulfone groups is 1. The summed E-state index contributed by atoms with van der Waals surface area (Å²) in [4.78, 5) is 27.2. The van der Waals surface area contributed by atoms with E-state index in [2.05, 4.69) is 4.98 Å². The lowest BCUT2D eigenvalue weighted by Crippen LogP contribution is -2.33. The number of fused-ring (bicyclic) bond motifs is 1. The van der Waals surface area contributed by atoms with Crippen LogP contribution in [0.5, 0.6) is 11.5 Å². The minimum Gasteiger partial charge on any atom is -0.457 e. The summed E-state index contributed by atoms with van der Waals surface area (Å²) in [6.07, 6.45) is 2.32. The molecule has 1 saturated heterocycles. The van der Waals surface area contributed by atoms with Crippen molar-refractivity contribution in [3.63, 3.8) is 0 Å². The normalized spacial score (nSPS) is 20.0. The van der Waals surface area contributed by atoms with Crippen LogP contribution in [0.1, 0.15) is 6.42 Å². The molecule has 2 atom stereocenters. The lowest BCUT2D eigenvalue weighted by atomic mass is 10.2. The maximum absolute atomic E-state index is 12.6. The summed E-state index contributed by atoms with van der Waals surface area (Å²) in [6, 6.07) is 8.86. The average Bonchev–Trinajstić information content (AvgIpc) is 3.25. The van der Waals surface area contributed by atoms with Crippen LogP contribution >= 0.6 is 0 Å². The number of carbonyl (C=O) groups excluding carboxylic acids is 2. The Morgan fingerprint density at radius 3 is 2.47 bits per heavy atom. The number of pyridine rings is 1. The van der Waals surface area contributed by atoms with Crippen LogP contribution in [0.25, 0.3) is 0 Å². The fourth-order valence-electron chi connectivity index (χ4n) is 3.06. The molecule has 2 aliphatic rings. The molecular weight excluding hydrogens is 416 g/mol. The van der Waals surface area contributed by atoms with E-state index >= 15 is 0 Å². The Bertz CT molecular complexity index is 1100. The number of hydroxylamine groups is 2. The molecular formula is C19H16N2O8S. The number of carbonyl (C=O) groups is 2. The van der Waals surface area contributed by atoms with E-state index in [1.54, 1.807) is 24.5 Å². The van der Waals surface area contributed by atoms with Crippen molar-refractivity contribution in [2.45, 2.75) is 23.5 Å². The van der Waals surface area contributed by atoms with Gasteiger partial charge in [0.25, 0.3) is 5.91 Å². The van der Waals surface area contributed by atoms with Gasteiger partial charge in [-0.05, 0) is 42.5 Å². The Morgan fingerprint density at radius 1 is 1.13 bits per heavy atom. The highest BCUT2D eigenvalue weighted by Gasteiger charge is 2.42. The summed E-state index contributed by atoms with van der Waals surface area (Å²) in [5, 5.41) is 10.1. The van der Waals surface area contributed by atoms with E-state index in [4.69, 9.17) is 14.2 Å². The molecule has 2 aromatic rings. The molecule has 1 N–H and O–H groups in total. The molecule has 30 heavy (non-hydrogen) atoms. The molecule has 1 aromatic carbocycles. The second kappa shape index (κ2) is 7.76. The Kier molecular flexibility index (Phi) is 5.14. The van der Waals surface area contributed by atoms with Gasteiger partial charge in [0.1, 0.15) is 11.5 Å². The monoisotopic (exact) mass is 432 g/mol. The molecule has 0 bridgehead atoms. The van der Waals surface area contributed by atoms with Crippen LogP contribution in [0.2, 0.25) is 0 Å². The van der Waals surface area contributed by atoms with Crippen molar-refractivity contribution in [1.29, 1.82) is 0 Å². The lowest BCUT2D eigenvalue weighted by Gasteiger charge is -2.16. The first-order chi connectivity index (χ1) is 14.3. The third-order valence-corrected chi connectivity index (χ3v) is 6.08. The standard InChI is InChI=1S/C19H16N2O8S/c22-18(12-9-16-17(10-12)29-19(23)28-16)21(24)11-30(25,26)15-3-1-13(2-4-15)27-14-5-7-20-8-6-14/h1-9,16-17,24H,10-11H2. The highest BCUT2D eigenvalue weighted by Crippen LogP contribution is 2.31. The van der Waals surface area contributed by atoms with Crippen molar-refractivity contribution in [1.82, 2.24) is 10.0 Å². The van der Waals surface area contributed by atoms with Gasteiger partial charge < -0.3 is 14.2 Å². The quantitative estimate of drug-likeness (QED) is 0.414. The first-order valence-corrected chi connectivity index (χ1v) is 10.5. The largest absolute Gasteiger partial charge is 0.509 e. The van der Waals surface area contributed by atoms with Crippen LogP contribution in [-0.2, 0) is 24.1 Å². The molecule has 2 unspecified atom stereocenters.